The fourth-order valence-corrected chi connectivity index (χ4v) is 2.37. The predicted molar refractivity (Wildman–Crippen MR) is 87.7 cm³/mol. The Labute approximate surface area is 137 Å². The number of aromatic nitrogens is 3. The highest BCUT2D eigenvalue weighted by Gasteiger charge is 2.19. The largest absolute Gasteiger partial charge is 0.496 e. The smallest absolute Gasteiger partial charge is 0.153 e. The van der Waals surface area contributed by atoms with Crippen LogP contribution in [0.5, 0.6) is 5.75 Å². The summed E-state index contributed by atoms with van der Waals surface area (Å²) in [7, 11) is 3.31. The maximum atomic E-state index is 10.1. The summed E-state index contributed by atoms with van der Waals surface area (Å²) >= 11 is 0. The van der Waals surface area contributed by atoms with Crippen molar-refractivity contribution < 1.29 is 14.6 Å². The van der Waals surface area contributed by atoms with Gasteiger partial charge in [-0.1, -0.05) is 18.2 Å². The lowest BCUT2D eigenvalue weighted by Crippen LogP contribution is -2.28. The average molecular weight is 319 g/mol. The van der Waals surface area contributed by atoms with Crippen LogP contribution in [0.25, 0.3) is 0 Å². The minimum atomic E-state index is -0.859. The summed E-state index contributed by atoms with van der Waals surface area (Å²) in [6.45, 7) is 4.48. The molecule has 126 valence electrons. The van der Waals surface area contributed by atoms with Crippen LogP contribution in [0.2, 0.25) is 0 Å². The van der Waals surface area contributed by atoms with Crippen molar-refractivity contribution in [1.82, 2.24) is 14.8 Å². The molecule has 0 aliphatic heterocycles. The van der Waals surface area contributed by atoms with Gasteiger partial charge in [0.25, 0.3) is 0 Å². The highest BCUT2D eigenvalue weighted by atomic mass is 16.5. The number of nitrogens with zero attached hydrogens (tertiary/aromatic N) is 3. The van der Waals surface area contributed by atoms with Gasteiger partial charge in [-0.15, -0.1) is 0 Å². The Hall–Kier alpha value is -1.92. The Morgan fingerprint density at radius 3 is 2.61 bits per heavy atom. The molecule has 2 aromatic rings. The minimum absolute atomic E-state index is 0.386. The van der Waals surface area contributed by atoms with E-state index in [1.807, 2.05) is 24.3 Å². The number of ether oxygens (including phenoxy) is 2. The normalized spacial score (nSPS) is 11.7. The monoisotopic (exact) mass is 319 g/mol. The molecule has 0 aliphatic carbocycles. The maximum absolute atomic E-state index is 10.1. The summed E-state index contributed by atoms with van der Waals surface area (Å²) in [5, 5.41) is 14.6. The molecule has 1 heterocycles. The second-order valence-electron chi connectivity index (χ2n) is 6.15. The van der Waals surface area contributed by atoms with E-state index < -0.39 is 5.60 Å². The van der Waals surface area contributed by atoms with Crippen molar-refractivity contribution in [3.05, 3.63) is 41.5 Å². The van der Waals surface area contributed by atoms with Crippen LogP contribution in [0, 0.1) is 0 Å². The lowest BCUT2D eigenvalue weighted by molar-refractivity contribution is 0.0566. The fraction of sp³-hybridized carbons (Fsp3) is 0.529. The van der Waals surface area contributed by atoms with E-state index in [1.54, 1.807) is 32.7 Å². The lowest BCUT2D eigenvalue weighted by Gasteiger charge is -2.18. The number of hydrogen-bond acceptors (Lipinski definition) is 5. The highest BCUT2D eigenvalue weighted by molar-refractivity contribution is 5.35. The second-order valence-corrected chi connectivity index (χ2v) is 6.15. The van der Waals surface area contributed by atoms with Gasteiger partial charge >= 0.3 is 0 Å². The third-order valence-corrected chi connectivity index (χ3v) is 3.40. The molecule has 1 aromatic carbocycles. The van der Waals surface area contributed by atoms with Crippen LogP contribution in [0.4, 0.5) is 0 Å². The van der Waals surface area contributed by atoms with Gasteiger partial charge in [0, 0.05) is 25.5 Å². The summed E-state index contributed by atoms with van der Waals surface area (Å²) in [6, 6.07) is 7.85. The Morgan fingerprint density at radius 1 is 1.22 bits per heavy atom. The molecule has 0 aliphatic rings. The first kappa shape index (κ1) is 17.4. The Balaban J connectivity index is 2.29. The molecule has 0 saturated heterocycles. The van der Waals surface area contributed by atoms with Crippen LogP contribution in [0.3, 0.4) is 0 Å². The molecule has 0 radical (unpaired) electrons. The zero-order valence-corrected chi connectivity index (χ0v) is 14.2. The van der Waals surface area contributed by atoms with Crippen LogP contribution >= 0.6 is 0 Å². The molecular weight excluding hydrogens is 294 g/mol. The van der Waals surface area contributed by atoms with Crippen LogP contribution in [-0.4, -0.2) is 46.3 Å². The van der Waals surface area contributed by atoms with Crippen molar-refractivity contribution in [2.24, 2.45) is 0 Å². The van der Waals surface area contributed by atoms with Crippen molar-refractivity contribution in [2.75, 3.05) is 20.8 Å². The van der Waals surface area contributed by atoms with Crippen molar-refractivity contribution in [1.29, 1.82) is 0 Å². The first-order chi connectivity index (χ1) is 10.9. The molecule has 0 amide bonds. The van der Waals surface area contributed by atoms with Gasteiger partial charge in [-0.2, -0.15) is 5.10 Å². The molecule has 0 atom stereocenters. The fourth-order valence-electron chi connectivity index (χ4n) is 2.37. The molecule has 1 aromatic heterocycles. The van der Waals surface area contributed by atoms with Gasteiger partial charge in [-0.25, -0.2) is 9.67 Å². The number of benzene rings is 1. The topological polar surface area (TPSA) is 69.4 Å². The van der Waals surface area contributed by atoms with E-state index in [1.165, 1.54) is 0 Å². The number of para-hydroxylation sites is 1. The van der Waals surface area contributed by atoms with Crippen LogP contribution < -0.4 is 4.74 Å². The summed E-state index contributed by atoms with van der Waals surface area (Å²) in [5.74, 6) is 2.35. The number of rotatable bonds is 8. The molecule has 6 heteroatoms. The van der Waals surface area contributed by atoms with Crippen LogP contribution in [0.15, 0.2) is 24.3 Å². The van der Waals surface area contributed by atoms with E-state index in [4.69, 9.17) is 9.47 Å². The van der Waals surface area contributed by atoms with E-state index in [2.05, 4.69) is 10.1 Å². The highest BCUT2D eigenvalue weighted by Crippen LogP contribution is 2.21. The van der Waals surface area contributed by atoms with Crippen molar-refractivity contribution in [3.63, 3.8) is 0 Å². The quantitative estimate of drug-likeness (QED) is 0.804. The van der Waals surface area contributed by atoms with Gasteiger partial charge in [-0.3, -0.25) is 0 Å². The van der Waals surface area contributed by atoms with Crippen LogP contribution in [0.1, 0.15) is 31.1 Å². The Kier molecular flexibility index (Phi) is 5.74. The predicted octanol–water partition coefficient (Wildman–Crippen LogP) is 1.84. The number of methoxy groups -OCH3 is 2. The van der Waals surface area contributed by atoms with Gasteiger partial charge in [-0.05, 0) is 19.9 Å². The van der Waals surface area contributed by atoms with Gasteiger partial charge in [0.05, 0.1) is 25.9 Å². The Bertz CT molecular complexity index is 632. The van der Waals surface area contributed by atoms with Gasteiger partial charge in [0.1, 0.15) is 11.6 Å². The molecule has 0 spiro atoms. The van der Waals surface area contributed by atoms with Crippen molar-refractivity contribution >= 4 is 0 Å². The van der Waals surface area contributed by atoms with Crippen LogP contribution in [-0.2, 0) is 24.1 Å². The molecular formula is C17H25N3O3. The average Bonchev–Trinajstić information content (AvgIpc) is 2.85. The van der Waals surface area contributed by atoms with E-state index in [0.29, 0.717) is 26.0 Å². The van der Waals surface area contributed by atoms with E-state index in [0.717, 1.165) is 23.0 Å². The Morgan fingerprint density at radius 2 is 1.96 bits per heavy atom. The summed E-state index contributed by atoms with van der Waals surface area (Å²) in [6.07, 6.45) is 1.24. The standard InChI is InChI=1S/C17H25N3O3/c1-17(2,21)12-20-16(18-15(19-20)9-10-22-3)11-13-7-5-6-8-14(13)23-4/h5-8,21H,9-12H2,1-4H3. The van der Waals surface area contributed by atoms with E-state index >= 15 is 0 Å². The maximum Gasteiger partial charge on any atom is 0.153 e. The van der Waals surface area contributed by atoms with Gasteiger partial charge in [0.15, 0.2) is 5.82 Å². The molecule has 0 unspecified atom stereocenters. The van der Waals surface area contributed by atoms with E-state index in [9.17, 15) is 5.11 Å². The van der Waals surface area contributed by atoms with Crippen molar-refractivity contribution in [2.45, 2.75) is 38.8 Å². The number of hydrogen-bond donors (Lipinski definition) is 1. The molecule has 0 fully saturated rings. The lowest BCUT2D eigenvalue weighted by atomic mass is 10.1. The third kappa shape index (κ3) is 5.04. The molecule has 23 heavy (non-hydrogen) atoms. The summed E-state index contributed by atoms with van der Waals surface area (Å²) in [5.41, 5.74) is 0.180. The first-order valence-electron chi connectivity index (χ1n) is 7.69. The minimum Gasteiger partial charge on any atom is -0.496 e. The number of aliphatic hydroxyl groups is 1. The molecule has 0 bridgehead atoms. The summed E-state index contributed by atoms with van der Waals surface area (Å²) < 4.78 is 12.3. The second kappa shape index (κ2) is 7.57. The zero-order valence-electron chi connectivity index (χ0n) is 14.2. The molecule has 0 saturated carbocycles. The van der Waals surface area contributed by atoms with Gasteiger partial charge in [0.2, 0.25) is 0 Å². The first-order valence-corrected chi connectivity index (χ1v) is 7.69. The molecule has 1 N–H and O–H groups in total. The SMILES string of the molecule is COCCc1nc(Cc2ccccc2OC)n(CC(C)(C)O)n1. The van der Waals surface area contributed by atoms with Crippen molar-refractivity contribution in [3.8, 4) is 5.75 Å². The van der Waals surface area contributed by atoms with Gasteiger partial charge < -0.3 is 14.6 Å². The molecule has 2 rings (SSSR count). The van der Waals surface area contributed by atoms with E-state index in [-0.39, 0.29) is 0 Å². The molecule has 6 nitrogen and oxygen atoms in total. The zero-order chi connectivity index (χ0) is 16.9. The summed E-state index contributed by atoms with van der Waals surface area (Å²) in [4.78, 5) is 4.61. The third-order valence-electron chi connectivity index (χ3n) is 3.40.